The highest BCUT2D eigenvalue weighted by molar-refractivity contribution is 5.05. The van der Waals surface area contributed by atoms with Crippen molar-refractivity contribution in [3.8, 4) is 0 Å². The molecular weight excluding hydrogens is 139 g/mol. The average molecular weight is 156 g/mol. The molecule has 0 spiro atoms. The van der Waals surface area contributed by atoms with E-state index < -0.39 is 6.17 Å². The summed E-state index contributed by atoms with van der Waals surface area (Å²) in [4.78, 5) is 0. The van der Waals surface area contributed by atoms with Crippen LogP contribution in [-0.2, 0) is 0 Å². The molecule has 0 saturated heterocycles. The fourth-order valence-corrected chi connectivity index (χ4v) is 0.846. The predicted octanol–water partition coefficient (Wildman–Crippen LogP) is 3.65. The van der Waals surface area contributed by atoms with Gasteiger partial charge < -0.3 is 0 Å². The minimum Gasteiger partial charge on any atom is -0.243 e. The van der Waals surface area contributed by atoms with Crippen molar-refractivity contribution in [2.45, 2.75) is 40.3 Å². The molecule has 0 nitrogen and oxygen atoms in total. The van der Waals surface area contributed by atoms with Crippen LogP contribution in [0.1, 0.15) is 34.1 Å². The van der Waals surface area contributed by atoms with Crippen molar-refractivity contribution in [1.82, 2.24) is 0 Å². The summed E-state index contributed by atoms with van der Waals surface area (Å²) in [6, 6.07) is 0. The Morgan fingerprint density at radius 2 is 1.91 bits per heavy atom. The number of halogens is 1. The zero-order valence-corrected chi connectivity index (χ0v) is 7.82. The van der Waals surface area contributed by atoms with E-state index in [1.165, 1.54) is 0 Å². The Balaban J connectivity index is 3.88. The van der Waals surface area contributed by atoms with Gasteiger partial charge in [-0.25, -0.2) is 4.39 Å². The number of allylic oxidation sites excluding steroid dienone is 4. The third kappa shape index (κ3) is 5.84. The highest BCUT2D eigenvalue weighted by Crippen LogP contribution is 2.10. The van der Waals surface area contributed by atoms with Gasteiger partial charge in [0, 0.05) is 6.42 Å². The lowest BCUT2D eigenvalue weighted by Crippen LogP contribution is -1.96. The third-order valence-electron chi connectivity index (χ3n) is 1.52. The van der Waals surface area contributed by atoms with Crippen molar-refractivity contribution in [1.29, 1.82) is 0 Å². The summed E-state index contributed by atoms with van der Waals surface area (Å²) in [6.07, 6.45) is 3.33. The fourth-order valence-electron chi connectivity index (χ4n) is 0.846. The van der Waals surface area contributed by atoms with E-state index in [1.807, 2.05) is 33.8 Å². The molecule has 0 aromatic rings. The molecule has 0 N–H and O–H groups in total. The standard InChI is InChI=1S/C10H17F/c1-5-9(4)7-10(11)6-8(2)3/h5-6,10H,7H2,1-4H3/b9-5+. The molecule has 0 fully saturated rings. The Morgan fingerprint density at radius 1 is 1.36 bits per heavy atom. The monoisotopic (exact) mass is 156 g/mol. The van der Waals surface area contributed by atoms with Gasteiger partial charge in [-0.15, -0.1) is 0 Å². The lowest BCUT2D eigenvalue weighted by molar-refractivity contribution is 0.396. The quantitative estimate of drug-likeness (QED) is 0.547. The molecule has 0 aromatic heterocycles. The number of alkyl halides is 1. The normalized spacial score (nSPS) is 14.5. The molecule has 0 bridgehead atoms. The Hall–Kier alpha value is -0.590. The molecule has 64 valence electrons. The molecule has 0 aliphatic heterocycles. The highest BCUT2D eigenvalue weighted by Gasteiger charge is 2.01. The van der Waals surface area contributed by atoms with Gasteiger partial charge in [-0.05, 0) is 27.7 Å². The molecular formula is C10H17F. The maximum Gasteiger partial charge on any atom is 0.122 e. The van der Waals surface area contributed by atoms with Gasteiger partial charge in [0.15, 0.2) is 0 Å². The molecule has 0 rings (SSSR count). The Bertz CT molecular complexity index is 162. The van der Waals surface area contributed by atoms with E-state index in [0.29, 0.717) is 6.42 Å². The van der Waals surface area contributed by atoms with Crippen LogP contribution in [0.25, 0.3) is 0 Å². The van der Waals surface area contributed by atoms with Crippen LogP contribution in [0.5, 0.6) is 0 Å². The maximum absolute atomic E-state index is 13.0. The van der Waals surface area contributed by atoms with Crippen LogP contribution < -0.4 is 0 Å². The average Bonchev–Trinajstić information content (AvgIpc) is 1.85. The van der Waals surface area contributed by atoms with E-state index in [1.54, 1.807) is 6.08 Å². The van der Waals surface area contributed by atoms with Crippen molar-refractivity contribution < 1.29 is 4.39 Å². The summed E-state index contributed by atoms with van der Waals surface area (Å²) in [5.74, 6) is 0. The minimum atomic E-state index is -0.809. The SMILES string of the molecule is C/C=C(\C)CC(F)C=C(C)C. The maximum atomic E-state index is 13.0. The van der Waals surface area contributed by atoms with Gasteiger partial charge in [0.05, 0.1) is 0 Å². The van der Waals surface area contributed by atoms with Crippen LogP contribution in [-0.4, -0.2) is 6.17 Å². The summed E-state index contributed by atoms with van der Waals surface area (Å²) in [5.41, 5.74) is 2.15. The van der Waals surface area contributed by atoms with E-state index >= 15 is 0 Å². The first-order chi connectivity index (χ1) is 5.06. The van der Waals surface area contributed by atoms with Gasteiger partial charge in [-0.2, -0.15) is 0 Å². The first kappa shape index (κ1) is 10.4. The van der Waals surface area contributed by atoms with Crippen LogP contribution in [0.2, 0.25) is 0 Å². The first-order valence-corrected chi connectivity index (χ1v) is 3.97. The van der Waals surface area contributed by atoms with Crippen LogP contribution in [0, 0.1) is 0 Å². The van der Waals surface area contributed by atoms with Crippen molar-refractivity contribution in [3.05, 3.63) is 23.3 Å². The van der Waals surface area contributed by atoms with Crippen LogP contribution in [0.15, 0.2) is 23.3 Å². The fraction of sp³-hybridized carbons (Fsp3) is 0.600. The second kappa shape index (κ2) is 5.11. The number of hydrogen-bond donors (Lipinski definition) is 0. The topological polar surface area (TPSA) is 0 Å². The van der Waals surface area contributed by atoms with Crippen molar-refractivity contribution in [2.24, 2.45) is 0 Å². The molecule has 0 radical (unpaired) electrons. The van der Waals surface area contributed by atoms with Gasteiger partial charge in [0.1, 0.15) is 6.17 Å². The molecule has 11 heavy (non-hydrogen) atoms. The number of hydrogen-bond acceptors (Lipinski definition) is 0. The molecule has 0 saturated carbocycles. The molecule has 1 heteroatoms. The minimum absolute atomic E-state index is 0.529. The van der Waals surface area contributed by atoms with Gasteiger partial charge in [0.25, 0.3) is 0 Å². The molecule has 1 unspecified atom stereocenters. The van der Waals surface area contributed by atoms with E-state index in [9.17, 15) is 4.39 Å². The third-order valence-corrected chi connectivity index (χ3v) is 1.52. The number of rotatable bonds is 3. The highest BCUT2D eigenvalue weighted by atomic mass is 19.1. The van der Waals surface area contributed by atoms with E-state index in [2.05, 4.69) is 0 Å². The van der Waals surface area contributed by atoms with Crippen molar-refractivity contribution >= 4 is 0 Å². The van der Waals surface area contributed by atoms with Crippen LogP contribution in [0.3, 0.4) is 0 Å². The second-order valence-electron chi connectivity index (χ2n) is 3.10. The summed E-state index contributed by atoms with van der Waals surface area (Å²) in [7, 11) is 0. The smallest absolute Gasteiger partial charge is 0.122 e. The molecule has 0 aliphatic carbocycles. The molecule has 1 atom stereocenters. The van der Waals surface area contributed by atoms with Gasteiger partial charge >= 0.3 is 0 Å². The Morgan fingerprint density at radius 3 is 2.27 bits per heavy atom. The molecule has 0 heterocycles. The zero-order valence-electron chi connectivity index (χ0n) is 7.82. The van der Waals surface area contributed by atoms with Gasteiger partial charge in [0.2, 0.25) is 0 Å². The second-order valence-corrected chi connectivity index (χ2v) is 3.10. The lowest BCUT2D eigenvalue weighted by Gasteiger charge is -2.02. The predicted molar refractivity (Wildman–Crippen MR) is 48.4 cm³/mol. The van der Waals surface area contributed by atoms with E-state index in [4.69, 9.17) is 0 Å². The summed E-state index contributed by atoms with van der Waals surface area (Å²) < 4.78 is 13.0. The van der Waals surface area contributed by atoms with E-state index in [-0.39, 0.29) is 0 Å². The van der Waals surface area contributed by atoms with Crippen molar-refractivity contribution in [3.63, 3.8) is 0 Å². The van der Waals surface area contributed by atoms with E-state index in [0.717, 1.165) is 11.1 Å². The molecule has 0 aromatic carbocycles. The lowest BCUT2D eigenvalue weighted by atomic mass is 10.1. The van der Waals surface area contributed by atoms with Gasteiger partial charge in [-0.1, -0.05) is 23.3 Å². The zero-order chi connectivity index (χ0) is 8.85. The van der Waals surface area contributed by atoms with Crippen LogP contribution >= 0.6 is 0 Å². The van der Waals surface area contributed by atoms with Crippen LogP contribution in [0.4, 0.5) is 4.39 Å². The van der Waals surface area contributed by atoms with Crippen molar-refractivity contribution in [2.75, 3.05) is 0 Å². The summed E-state index contributed by atoms with van der Waals surface area (Å²) >= 11 is 0. The Labute approximate surface area is 68.8 Å². The molecule has 0 amide bonds. The Kier molecular flexibility index (Phi) is 4.84. The van der Waals surface area contributed by atoms with Gasteiger partial charge in [-0.3, -0.25) is 0 Å². The largest absolute Gasteiger partial charge is 0.243 e. The summed E-state index contributed by atoms with van der Waals surface area (Å²) in [6.45, 7) is 7.71. The molecule has 0 aliphatic rings. The summed E-state index contributed by atoms with van der Waals surface area (Å²) in [5, 5.41) is 0. The first-order valence-electron chi connectivity index (χ1n) is 3.97.